The molecule has 2 heteroatoms. The summed E-state index contributed by atoms with van der Waals surface area (Å²) in [7, 11) is 0.930. The fourth-order valence-electron chi connectivity index (χ4n) is 7.00. The van der Waals surface area contributed by atoms with E-state index in [0.29, 0.717) is 0 Å². The second-order valence-corrected chi connectivity index (χ2v) is 15.5. The molecule has 0 heterocycles. The molecular formula is C57H60SiZr. The Morgan fingerprint density at radius 2 is 0.763 bits per heavy atom. The Balaban J connectivity index is 0.000000190. The SMILES string of the molecule is CCc1cc2c(-c3cccc4ccccc34)cccc2[cH-]1.CCc1cc2c(-c3cccc4ccccc34)cccc2[cH-]1.C[Si]c1ccccc1.[CH2-]CCC.[CH2-]CCC.[Zr+4]. The molecule has 0 atom stereocenters. The number of rotatable bonds is 7. The van der Waals surface area contributed by atoms with E-state index in [1.54, 1.807) is 0 Å². The number of fused-ring (bicyclic) bond motifs is 4. The Bertz CT molecular complexity index is 2390. The van der Waals surface area contributed by atoms with Crippen molar-refractivity contribution in [3.8, 4) is 22.3 Å². The summed E-state index contributed by atoms with van der Waals surface area (Å²) in [5.41, 5.74) is 8.15. The van der Waals surface area contributed by atoms with Gasteiger partial charge in [0, 0.05) is 0 Å². The zero-order valence-electron chi connectivity index (χ0n) is 35.9. The first-order valence-corrected chi connectivity index (χ1v) is 22.6. The van der Waals surface area contributed by atoms with Gasteiger partial charge in [0.05, 0.1) is 9.52 Å². The van der Waals surface area contributed by atoms with Gasteiger partial charge in [0.25, 0.3) is 0 Å². The zero-order chi connectivity index (χ0) is 41.1. The van der Waals surface area contributed by atoms with Crippen LogP contribution in [0, 0.1) is 13.8 Å². The molecule has 0 saturated carbocycles. The second-order valence-electron chi connectivity index (χ2n) is 14.4. The van der Waals surface area contributed by atoms with Crippen LogP contribution in [-0.4, -0.2) is 9.52 Å². The van der Waals surface area contributed by atoms with E-state index in [-0.39, 0.29) is 26.2 Å². The van der Waals surface area contributed by atoms with Gasteiger partial charge in [-0.05, 0) is 45.5 Å². The van der Waals surface area contributed by atoms with Crippen molar-refractivity contribution in [2.75, 3.05) is 0 Å². The summed E-state index contributed by atoms with van der Waals surface area (Å²) in [6.07, 6.45) is 6.73. The molecule has 2 radical (unpaired) electrons. The Morgan fingerprint density at radius 3 is 1.12 bits per heavy atom. The Labute approximate surface area is 377 Å². The van der Waals surface area contributed by atoms with Crippen LogP contribution in [0.25, 0.3) is 65.3 Å². The predicted octanol–water partition coefficient (Wildman–Crippen LogP) is 16.2. The van der Waals surface area contributed by atoms with E-state index in [9.17, 15) is 0 Å². The number of hydrogen-bond acceptors (Lipinski definition) is 0. The standard InChI is InChI=1S/2C21H17.C7H8Si.2C4H9.Zr/c2*1-2-15-13-17-9-6-12-20(21(17)14-15)19-11-5-8-16-7-3-4-10-18(16)19;1-8-7-5-3-2-4-6-7;2*1-3-4-2;/h2*3-14H,2H2,1H3;2-6H,1H3;2*1,3-4H2,2H3;/q2*-1;;2*-1;+4. The minimum absolute atomic E-state index is 0. The summed E-state index contributed by atoms with van der Waals surface area (Å²) in [5.74, 6) is 0. The Morgan fingerprint density at radius 1 is 0.424 bits per heavy atom. The molecule has 0 saturated heterocycles. The van der Waals surface area contributed by atoms with Crippen molar-refractivity contribution < 1.29 is 26.2 Å². The van der Waals surface area contributed by atoms with Crippen molar-refractivity contribution in [2.24, 2.45) is 0 Å². The van der Waals surface area contributed by atoms with Crippen LogP contribution >= 0.6 is 0 Å². The summed E-state index contributed by atoms with van der Waals surface area (Å²) in [5, 5.41) is 12.1. The maximum atomic E-state index is 3.60. The van der Waals surface area contributed by atoms with Gasteiger partial charge < -0.3 is 13.8 Å². The van der Waals surface area contributed by atoms with Crippen LogP contribution in [0.5, 0.6) is 0 Å². The molecule has 59 heavy (non-hydrogen) atoms. The normalized spacial score (nSPS) is 10.3. The number of aryl methyl sites for hydroxylation is 2. The predicted molar refractivity (Wildman–Crippen MR) is 262 cm³/mol. The molecule has 9 aromatic carbocycles. The van der Waals surface area contributed by atoms with Crippen LogP contribution in [0.3, 0.4) is 0 Å². The van der Waals surface area contributed by atoms with Crippen LogP contribution in [0.1, 0.15) is 64.5 Å². The van der Waals surface area contributed by atoms with Gasteiger partial charge in [0.1, 0.15) is 0 Å². The quantitative estimate of drug-likeness (QED) is 0.111. The molecule has 0 unspecified atom stereocenters. The van der Waals surface area contributed by atoms with Crippen LogP contribution in [-0.2, 0) is 39.0 Å². The van der Waals surface area contributed by atoms with Crippen molar-refractivity contribution in [3.63, 3.8) is 0 Å². The second kappa shape index (κ2) is 25.1. The van der Waals surface area contributed by atoms with Gasteiger partial charge in [-0.3, -0.25) is 0 Å². The minimum atomic E-state index is 0. The van der Waals surface area contributed by atoms with Crippen molar-refractivity contribution in [1.29, 1.82) is 0 Å². The fourth-order valence-corrected chi connectivity index (χ4v) is 7.52. The van der Waals surface area contributed by atoms with Crippen LogP contribution < -0.4 is 5.19 Å². The molecule has 0 aliphatic carbocycles. The molecule has 0 amide bonds. The van der Waals surface area contributed by atoms with E-state index >= 15 is 0 Å². The molecule has 0 N–H and O–H groups in total. The third kappa shape index (κ3) is 12.7. The summed E-state index contributed by atoms with van der Waals surface area (Å²) in [4.78, 5) is 0. The molecule has 9 aromatic rings. The first-order chi connectivity index (χ1) is 28.5. The number of benzene rings is 7. The summed E-state index contributed by atoms with van der Waals surface area (Å²) in [6.45, 7) is 18.1. The number of hydrogen-bond donors (Lipinski definition) is 0. The number of unbranched alkanes of at least 4 members (excludes halogenated alkanes) is 2. The Hall–Kier alpha value is -4.62. The zero-order valence-corrected chi connectivity index (χ0v) is 39.4. The molecule has 296 valence electrons. The summed E-state index contributed by atoms with van der Waals surface area (Å²) < 4.78 is 0. The Kier molecular flexibility index (Phi) is 20.0. The third-order valence-corrected chi connectivity index (χ3v) is 11.3. The van der Waals surface area contributed by atoms with Crippen molar-refractivity contribution in [1.82, 2.24) is 0 Å². The first kappa shape index (κ1) is 47.1. The molecule has 0 aromatic heterocycles. The maximum Gasteiger partial charge on any atom is 4.00 e. The van der Waals surface area contributed by atoms with Crippen molar-refractivity contribution in [3.05, 3.63) is 201 Å². The largest absolute Gasteiger partial charge is 4.00 e. The van der Waals surface area contributed by atoms with Crippen LogP contribution in [0.15, 0.2) is 176 Å². The maximum absolute atomic E-state index is 3.60. The monoisotopic (exact) mass is 862 g/mol. The minimum Gasteiger partial charge on any atom is -0.343 e. The van der Waals surface area contributed by atoms with E-state index in [2.05, 4.69) is 218 Å². The molecule has 0 spiro atoms. The van der Waals surface area contributed by atoms with Gasteiger partial charge in [-0.25, -0.2) is 0 Å². The molecule has 0 bridgehead atoms. The molecular weight excluding hydrogens is 804 g/mol. The van der Waals surface area contributed by atoms with Gasteiger partial charge in [0.15, 0.2) is 0 Å². The topological polar surface area (TPSA) is 0 Å². The smallest absolute Gasteiger partial charge is 0.343 e. The van der Waals surface area contributed by atoms with Crippen LogP contribution in [0.2, 0.25) is 6.55 Å². The van der Waals surface area contributed by atoms with Crippen molar-refractivity contribution >= 4 is 57.8 Å². The van der Waals surface area contributed by atoms with Gasteiger partial charge in [0.2, 0.25) is 0 Å². The molecule has 0 aliphatic rings. The van der Waals surface area contributed by atoms with Crippen LogP contribution in [0.4, 0.5) is 0 Å². The van der Waals surface area contributed by atoms with Gasteiger partial charge in [-0.2, -0.15) is 25.0 Å². The van der Waals surface area contributed by atoms with E-state index in [1.165, 1.54) is 94.5 Å². The molecule has 0 fully saturated rings. The molecule has 0 aliphatic heterocycles. The fraction of sp³-hybridized carbons (Fsp3) is 0.193. The first-order valence-electron chi connectivity index (χ1n) is 21.1. The van der Waals surface area contributed by atoms with Gasteiger partial charge >= 0.3 is 26.2 Å². The summed E-state index contributed by atoms with van der Waals surface area (Å²) in [6, 6.07) is 63.4. The van der Waals surface area contributed by atoms with E-state index in [1.807, 2.05) is 6.07 Å². The summed E-state index contributed by atoms with van der Waals surface area (Å²) >= 11 is 0. The average Bonchev–Trinajstić information content (AvgIpc) is 3.94. The average molecular weight is 864 g/mol. The third-order valence-electron chi connectivity index (χ3n) is 10.4. The van der Waals surface area contributed by atoms with Gasteiger partial charge in [-0.15, -0.1) is 69.1 Å². The van der Waals surface area contributed by atoms with E-state index in [0.717, 1.165) is 35.2 Å². The van der Waals surface area contributed by atoms with Crippen molar-refractivity contribution in [2.45, 2.75) is 72.8 Å². The molecule has 9 rings (SSSR count). The van der Waals surface area contributed by atoms with Gasteiger partial charge in [-0.1, -0.05) is 191 Å². The molecule has 0 nitrogen and oxygen atoms in total. The van der Waals surface area contributed by atoms with E-state index < -0.39 is 0 Å². The van der Waals surface area contributed by atoms with E-state index in [4.69, 9.17) is 0 Å².